The number of hydrogen-bond acceptors (Lipinski definition) is 4. The molecule has 0 unspecified atom stereocenters. The molecule has 0 saturated carbocycles. The van der Waals surface area contributed by atoms with Crippen molar-refractivity contribution in [2.75, 3.05) is 26.2 Å². The molecule has 0 aromatic heterocycles. The van der Waals surface area contributed by atoms with Crippen LogP contribution in [0.15, 0.2) is 12.7 Å². The average molecular weight is 284 g/mol. The molecule has 0 aromatic rings. The van der Waals surface area contributed by atoms with Crippen LogP contribution in [0.3, 0.4) is 0 Å². The molecule has 19 heavy (non-hydrogen) atoms. The van der Waals surface area contributed by atoms with Gasteiger partial charge in [-0.3, -0.25) is 4.79 Å². The Morgan fingerprint density at radius 2 is 2.37 bits per heavy atom. The van der Waals surface area contributed by atoms with Gasteiger partial charge in [0, 0.05) is 31.3 Å². The fraction of sp³-hybridized carbons (Fsp3) is 0.692. The van der Waals surface area contributed by atoms with E-state index in [1.54, 1.807) is 11.0 Å². The number of likely N-dealkylation sites (tertiary alicyclic amines) is 2. The van der Waals surface area contributed by atoms with Crippen molar-refractivity contribution in [3.05, 3.63) is 12.7 Å². The van der Waals surface area contributed by atoms with Crippen LogP contribution in [0.5, 0.6) is 0 Å². The van der Waals surface area contributed by atoms with E-state index in [-0.39, 0.29) is 29.9 Å². The predicted octanol–water partition coefficient (Wildman–Crippen LogP) is 1.30. The fourth-order valence-electron chi connectivity index (χ4n) is 2.65. The van der Waals surface area contributed by atoms with E-state index < -0.39 is 0 Å². The molecule has 2 aliphatic rings. The monoisotopic (exact) mass is 284 g/mol. The molecule has 0 aromatic carbocycles. The fourth-order valence-corrected chi connectivity index (χ4v) is 3.07. The highest BCUT2D eigenvalue weighted by atomic mass is 32.1. The highest BCUT2D eigenvalue weighted by Crippen LogP contribution is 2.24. The molecule has 2 fully saturated rings. The number of carbonyl (C=O) groups excluding carboxylic acids is 2. The molecule has 0 N–H and O–H groups in total. The van der Waals surface area contributed by atoms with Gasteiger partial charge in [0.05, 0.1) is 6.04 Å². The minimum atomic E-state index is -0.340. The zero-order chi connectivity index (χ0) is 13.8. The summed E-state index contributed by atoms with van der Waals surface area (Å²) in [4.78, 5) is 27.1. The summed E-state index contributed by atoms with van der Waals surface area (Å²) in [6, 6.07) is 0.0156. The molecular weight excluding hydrogens is 264 g/mol. The van der Waals surface area contributed by atoms with Crippen LogP contribution in [0.25, 0.3) is 0 Å². The molecule has 2 heterocycles. The minimum absolute atomic E-state index is 0.0156. The van der Waals surface area contributed by atoms with E-state index in [2.05, 4.69) is 19.2 Å². The summed E-state index contributed by atoms with van der Waals surface area (Å²) in [5.41, 5.74) is 0. The third kappa shape index (κ3) is 3.43. The van der Waals surface area contributed by atoms with Gasteiger partial charge in [0.1, 0.15) is 6.61 Å². The molecule has 5 nitrogen and oxygen atoms in total. The molecule has 2 saturated heterocycles. The van der Waals surface area contributed by atoms with Gasteiger partial charge in [0.2, 0.25) is 5.91 Å². The van der Waals surface area contributed by atoms with Crippen molar-refractivity contribution in [2.45, 2.75) is 30.6 Å². The first kappa shape index (κ1) is 14.2. The van der Waals surface area contributed by atoms with E-state index in [0.717, 1.165) is 19.4 Å². The zero-order valence-corrected chi connectivity index (χ0v) is 11.8. The third-order valence-electron chi connectivity index (χ3n) is 3.55. The van der Waals surface area contributed by atoms with E-state index in [4.69, 9.17) is 4.74 Å². The number of thiol groups is 1. The average Bonchev–Trinajstić information content (AvgIpc) is 2.94. The first-order valence-electron chi connectivity index (χ1n) is 6.62. The van der Waals surface area contributed by atoms with Crippen molar-refractivity contribution in [1.82, 2.24) is 9.80 Å². The number of ether oxygens (including phenoxy) is 1. The Morgan fingerprint density at radius 1 is 1.58 bits per heavy atom. The van der Waals surface area contributed by atoms with Crippen LogP contribution in [0.2, 0.25) is 0 Å². The molecule has 2 amide bonds. The van der Waals surface area contributed by atoms with Crippen LogP contribution in [0.1, 0.15) is 19.3 Å². The SMILES string of the molecule is C=CCOC(=O)N1C[C@@H](S)C[C@@H]1CN1CCCC1=O. The minimum Gasteiger partial charge on any atom is -0.445 e. The lowest BCUT2D eigenvalue weighted by molar-refractivity contribution is -0.128. The second-order valence-electron chi connectivity index (χ2n) is 5.00. The van der Waals surface area contributed by atoms with E-state index in [0.29, 0.717) is 19.5 Å². The smallest absolute Gasteiger partial charge is 0.410 e. The summed E-state index contributed by atoms with van der Waals surface area (Å²) in [7, 11) is 0. The van der Waals surface area contributed by atoms with E-state index >= 15 is 0 Å². The summed E-state index contributed by atoms with van der Waals surface area (Å²) in [5, 5.41) is 0.152. The summed E-state index contributed by atoms with van der Waals surface area (Å²) in [6.07, 6.45) is 3.55. The highest BCUT2D eigenvalue weighted by Gasteiger charge is 2.37. The first-order valence-corrected chi connectivity index (χ1v) is 7.13. The number of carbonyl (C=O) groups is 2. The van der Waals surface area contributed by atoms with Crippen molar-refractivity contribution in [3.63, 3.8) is 0 Å². The van der Waals surface area contributed by atoms with Crippen LogP contribution >= 0.6 is 12.6 Å². The number of rotatable bonds is 4. The van der Waals surface area contributed by atoms with Crippen LogP contribution in [-0.4, -0.2) is 59.3 Å². The van der Waals surface area contributed by atoms with E-state index in [1.807, 2.05) is 4.90 Å². The second kappa shape index (κ2) is 6.32. The summed E-state index contributed by atoms with van der Waals surface area (Å²) in [6.45, 7) is 5.70. The van der Waals surface area contributed by atoms with Crippen LogP contribution < -0.4 is 0 Å². The van der Waals surface area contributed by atoms with Crippen molar-refractivity contribution in [2.24, 2.45) is 0 Å². The largest absolute Gasteiger partial charge is 0.445 e. The Bertz CT molecular complexity index is 375. The van der Waals surface area contributed by atoms with Crippen LogP contribution in [0, 0.1) is 0 Å². The Hall–Kier alpha value is -1.17. The Labute approximate surface area is 119 Å². The van der Waals surface area contributed by atoms with E-state index in [9.17, 15) is 9.59 Å². The maximum atomic E-state index is 11.9. The van der Waals surface area contributed by atoms with Gasteiger partial charge in [-0.2, -0.15) is 12.6 Å². The Kier molecular flexibility index (Phi) is 4.74. The van der Waals surface area contributed by atoms with Crippen molar-refractivity contribution < 1.29 is 14.3 Å². The maximum Gasteiger partial charge on any atom is 0.410 e. The molecule has 0 bridgehead atoms. The first-order chi connectivity index (χ1) is 9.11. The number of hydrogen-bond donors (Lipinski definition) is 1. The third-order valence-corrected chi connectivity index (χ3v) is 3.93. The zero-order valence-electron chi connectivity index (χ0n) is 11.0. The summed E-state index contributed by atoms with van der Waals surface area (Å²) >= 11 is 4.44. The van der Waals surface area contributed by atoms with Gasteiger partial charge < -0.3 is 14.5 Å². The topological polar surface area (TPSA) is 49.9 Å². The molecule has 2 aliphatic heterocycles. The normalized spacial score (nSPS) is 26.9. The number of nitrogens with zero attached hydrogens (tertiary/aromatic N) is 2. The molecule has 0 spiro atoms. The lowest BCUT2D eigenvalue weighted by Crippen LogP contribution is -2.44. The molecule has 0 radical (unpaired) electrons. The van der Waals surface area contributed by atoms with Crippen molar-refractivity contribution in [3.8, 4) is 0 Å². The van der Waals surface area contributed by atoms with Crippen molar-refractivity contribution in [1.29, 1.82) is 0 Å². The molecule has 2 rings (SSSR count). The van der Waals surface area contributed by atoms with Gasteiger partial charge in [-0.15, -0.1) is 0 Å². The summed E-state index contributed by atoms with van der Waals surface area (Å²) < 4.78 is 5.08. The van der Waals surface area contributed by atoms with Crippen LogP contribution in [-0.2, 0) is 9.53 Å². The lowest BCUT2D eigenvalue weighted by atomic mass is 10.2. The highest BCUT2D eigenvalue weighted by molar-refractivity contribution is 7.81. The molecular formula is C13H20N2O3S. The van der Waals surface area contributed by atoms with Crippen molar-refractivity contribution >= 4 is 24.6 Å². The molecule has 6 heteroatoms. The van der Waals surface area contributed by atoms with Crippen LogP contribution in [0.4, 0.5) is 4.79 Å². The predicted molar refractivity (Wildman–Crippen MR) is 75.2 cm³/mol. The van der Waals surface area contributed by atoms with Gasteiger partial charge in [-0.05, 0) is 12.8 Å². The van der Waals surface area contributed by atoms with Gasteiger partial charge in [0.15, 0.2) is 0 Å². The molecule has 0 aliphatic carbocycles. The Morgan fingerprint density at radius 3 is 3.00 bits per heavy atom. The molecule has 106 valence electrons. The van der Waals surface area contributed by atoms with Gasteiger partial charge in [-0.25, -0.2) is 4.79 Å². The van der Waals surface area contributed by atoms with Gasteiger partial charge >= 0.3 is 6.09 Å². The number of amides is 2. The second-order valence-corrected chi connectivity index (χ2v) is 5.73. The van der Waals surface area contributed by atoms with E-state index in [1.165, 1.54) is 0 Å². The van der Waals surface area contributed by atoms with Gasteiger partial charge in [0.25, 0.3) is 0 Å². The standard InChI is InChI=1S/C13H20N2O3S/c1-2-6-18-13(17)15-9-11(19)7-10(15)8-14-5-3-4-12(14)16/h2,10-11,19H,1,3-9H2/t10-,11+/m1/s1. The molecule has 2 atom stereocenters. The lowest BCUT2D eigenvalue weighted by Gasteiger charge is -2.27. The quantitative estimate of drug-likeness (QED) is 0.625. The summed E-state index contributed by atoms with van der Waals surface area (Å²) in [5.74, 6) is 0.182. The Balaban J connectivity index is 1.94. The maximum absolute atomic E-state index is 11.9. The van der Waals surface area contributed by atoms with Gasteiger partial charge in [-0.1, -0.05) is 12.7 Å².